The lowest BCUT2D eigenvalue weighted by Gasteiger charge is -2.36. The van der Waals surface area contributed by atoms with Gasteiger partial charge in [0.15, 0.2) is 0 Å². The summed E-state index contributed by atoms with van der Waals surface area (Å²) in [5.74, 6) is -0.832. The SMILES string of the molecule is CC(=O)N1CCc2cc(C(=O)N3CCCC[C@@H]3CCC(=O)O)ccc21. The molecule has 0 saturated carbocycles. The van der Waals surface area contributed by atoms with Crippen LogP contribution in [0, 0.1) is 0 Å². The highest BCUT2D eigenvalue weighted by Gasteiger charge is 2.29. The number of likely N-dealkylation sites (tertiary alicyclic amines) is 1. The van der Waals surface area contributed by atoms with Crippen LogP contribution in [0.4, 0.5) is 5.69 Å². The summed E-state index contributed by atoms with van der Waals surface area (Å²) in [6.45, 7) is 2.89. The molecule has 6 heteroatoms. The second-order valence-electron chi connectivity index (χ2n) is 6.84. The number of carbonyl (C=O) groups excluding carboxylic acids is 2. The summed E-state index contributed by atoms with van der Waals surface area (Å²) in [6.07, 6.45) is 4.21. The van der Waals surface area contributed by atoms with E-state index in [2.05, 4.69) is 0 Å². The molecule has 0 aromatic heterocycles. The minimum atomic E-state index is -0.820. The van der Waals surface area contributed by atoms with Crippen molar-refractivity contribution in [3.63, 3.8) is 0 Å². The van der Waals surface area contributed by atoms with Gasteiger partial charge < -0.3 is 14.9 Å². The molecule has 25 heavy (non-hydrogen) atoms. The fourth-order valence-corrected chi connectivity index (χ4v) is 3.89. The van der Waals surface area contributed by atoms with Crippen molar-refractivity contribution in [3.8, 4) is 0 Å². The van der Waals surface area contributed by atoms with Crippen LogP contribution in [0.3, 0.4) is 0 Å². The van der Waals surface area contributed by atoms with Crippen LogP contribution in [0.15, 0.2) is 18.2 Å². The third-order valence-electron chi connectivity index (χ3n) is 5.18. The maximum absolute atomic E-state index is 13.0. The van der Waals surface area contributed by atoms with Gasteiger partial charge in [0.25, 0.3) is 5.91 Å². The number of piperidine rings is 1. The van der Waals surface area contributed by atoms with Crippen molar-refractivity contribution in [1.82, 2.24) is 4.90 Å². The van der Waals surface area contributed by atoms with E-state index in [9.17, 15) is 14.4 Å². The highest BCUT2D eigenvalue weighted by molar-refractivity contribution is 5.98. The zero-order valence-electron chi connectivity index (χ0n) is 14.5. The number of rotatable bonds is 4. The number of hydrogen-bond acceptors (Lipinski definition) is 3. The smallest absolute Gasteiger partial charge is 0.303 e. The Morgan fingerprint density at radius 2 is 2.00 bits per heavy atom. The number of benzene rings is 1. The average Bonchev–Trinajstić information content (AvgIpc) is 3.03. The molecule has 1 fully saturated rings. The van der Waals surface area contributed by atoms with E-state index in [4.69, 9.17) is 5.11 Å². The topological polar surface area (TPSA) is 77.9 Å². The minimum Gasteiger partial charge on any atom is -0.481 e. The highest BCUT2D eigenvalue weighted by atomic mass is 16.4. The van der Waals surface area contributed by atoms with Crippen LogP contribution >= 0.6 is 0 Å². The van der Waals surface area contributed by atoms with Gasteiger partial charge in [0, 0.05) is 43.7 Å². The van der Waals surface area contributed by atoms with E-state index in [0.717, 1.165) is 36.9 Å². The molecule has 2 aliphatic rings. The Kier molecular flexibility index (Phi) is 5.06. The quantitative estimate of drug-likeness (QED) is 0.910. The first-order valence-electron chi connectivity index (χ1n) is 8.91. The Morgan fingerprint density at radius 3 is 2.72 bits per heavy atom. The van der Waals surface area contributed by atoms with E-state index < -0.39 is 5.97 Å². The predicted octanol–water partition coefficient (Wildman–Crippen LogP) is 2.46. The first-order valence-corrected chi connectivity index (χ1v) is 8.91. The molecule has 1 aromatic rings. The van der Waals surface area contributed by atoms with Gasteiger partial charge in [-0.05, 0) is 55.9 Å². The van der Waals surface area contributed by atoms with Gasteiger partial charge in [0.05, 0.1) is 0 Å². The molecule has 1 N–H and O–H groups in total. The Balaban J connectivity index is 1.77. The van der Waals surface area contributed by atoms with Crippen molar-refractivity contribution in [2.24, 2.45) is 0 Å². The Hall–Kier alpha value is -2.37. The van der Waals surface area contributed by atoms with Crippen LogP contribution in [0.5, 0.6) is 0 Å². The fourth-order valence-electron chi connectivity index (χ4n) is 3.89. The number of fused-ring (bicyclic) bond motifs is 1. The number of anilines is 1. The molecule has 0 aliphatic carbocycles. The number of aliphatic carboxylic acids is 1. The maximum Gasteiger partial charge on any atom is 0.303 e. The predicted molar refractivity (Wildman–Crippen MR) is 93.7 cm³/mol. The molecule has 1 aromatic carbocycles. The zero-order valence-corrected chi connectivity index (χ0v) is 14.5. The molecule has 0 spiro atoms. The molecule has 2 amide bonds. The van der Waals surface area contributed by atoms with Crippen molar-refractivity contribution >= 4 is 23.5 Å². The van der Waals surface area contributed by atoms with Gasteiger partial charge in [-0.3, -0.25) is 14.4 Å². The van der Waals surface area contributed by atoms with E-state index in [1.165, 1.54) is 0 Å². The lowest BCUT2D eigenvalue weighted by molar-refractivity contribution is -0.137. The van der Waals surface area contributed by atoms with E-state index in [1.54, 1.807) is 17.9 Å². The molecule has 0 bridgehead atoms. The minimum absolute atomic E-state index is 0.000627. The van der Waals surface area contributed by atoms with Gasteiger partial charge in [-0.15, -0.1) is 0 Å². The van der Waals surface area contributed by atoms with Crippen molar-refractivity contribution in [2.45, 2.75) is 51.5 Å². The van der Waals surface area contributed by atoms with Crippen molar-refractivity contribution in [1.29, 1.82) is 0 Å². The Morgan fingerprint density at radius 1 is 1.20 bits per heavy atom. The molecule has 134 valence electrons. The van der Waals surface area contributed by atoms with E-state index in [1.807, 2.05) is 17.0 Å². The molecular weight excluding hydrogens is 320 g/mol. The van der Waals surface area contributed by atoms with Crippen LogP contribution in [0.2, 0.25) is 0 Å². The number of carbonyl (C=O) groups is 3. The normalized spacial score (nSPS) is 19.6. The summed E-state index contributed by atoms with van der Waals surface area (Å²) >= 11 is 0. The number of hydrogen-bond donors (Lipinski definition) is 1. The number of nitrogens with zero attached hydrogens (tertiary/aromatic N) is 2. The van der Waals surface area contributed by atoms with Crippen molar-refractivity contribution in [3.05, 3.63) is 29.3 Å². The Bertz CT molecular complexity index is 701. The first kappa shape index (κ1) is 17.5. The summed E-state index contributed by atoms with van der Waals surface area (Å²) in [5, 5.41) is 8.93. The molecular formula is C19H24N2O4. The molecule has 1 atom stereocenters. The standard InChI is InChI=1S/C19H24N2O4/c1-13(22)20-11-9-14-12-15(5-7-17(14)20)19(25)21-10-3-2-4-16(21)6-8-18(23)24/h5,7,12,16H,2-4,6,8-11H2,1H3,(H,23,24)/t16-/m1/s1. The lowest BCUT2D eigenvalue weighted by atomic mass is 9.96. The van der Waals surface area contributed by atoms with Crippen LogP contribution in [-0.2, 0) is 16.0 Å². The lowest BCUT2D eigenvalue weighted by Crippen LogP contribution is -2.44. The molecule has 3 rings (SSSR count). The third-order valence-corrected chi connectivity index (χ3v) is 5.18. The summed E-state index contributed by atoms with van der Waals surface area (Å²) in [4.78, 5) is 39.1. The summed E-state index contributed by atoms with van der Waals surface area (Å²) in [7, 11) is 0. The monoisotopic (exact) mass is 344 g/mol. The zero-order chi connectivity index (χ0) is 18.0. The third kappa shape index (κ3) is 3.67. The molecule has 6 nitrogen and oxygen atoms in total. The van der Waals surface area contributed by atoms with Crippen LogP contribution in [0.1, 0.15) is 54.9 Å². The molecule has 0 unspecified atom stereocenters. The average molecular weight is 344 g/mol. The van der Waals surface area contributed by atoms with Gasteiger partial charge in [0.2, 0.25) is 5.91 Å². The number of carboxylic acid groups (broad SMARTS) is 1. The molecule has 0 radical (unpaired) electrons. The van der Waals surface area contributed by atoms with Crippen LogP contribution in [-0.4, -0.2) is 46.9 Å². The van der Waals surface area contributed by atoms with Crippen molar-refractivity contribution in [2.75, 3.05) is 18.0 Å². The van der Waals surface area contributed by atoms with Gasteiger partial charge in [-0.25, -0.2) is 0 Å². The van der Waals surface area contributed by atoms with Crippen molar-refractivity contribution < 1.29 is 19.5 Å². The van der Waals surface area contributed by atoms with Gasteiger partial charge in [-0.2, -0.15) is 0 Å². The van der Waals surface area contributed by atoms with Gasteiger partial charge >= 0.3 is 5.97 Å². The highest BCUT2D eigenvalue weighted by Crippen LogP contribution is 2.30. The second-order valence-corrected chi connectivity index (χ2v) is 6.84. The van der Waals surface area contributed by atoms with E-state index >= 15 is 0 Å². The summed E-state index contributed by atoms with van der Waals surface area (Å²) in [6, 6.07) is 5.53. The summed E-state index contributed by atoms with van der Waals surface area (Å²) in [5.41, 5.74) is 2.55. The molecule has 1 saturated heterocycles. The molecule has 2 aliphatic heterocycles. The molecule has 2 heterocycles. The Labute approximate surface area is 147 Å². The maximum atomic E-state index is 13.0. The second kappa shape index (κ2) is 7.25. The first-order chi connectivity index (χ1) is 12.0. The largest absolute Gasteiger partial charge is 0.481 e. The number of carboxylic acids is 1. The van der Waals surface area contributed by atoms with E-state index in [-0.39, 0.29) is 24.3 Å². The van der Waals surface area contributed by atoms with E-state index in [0.29, 0.717) is 25.1 Å². The van der Waals surface area contributed by atoms with Gasteiger partial charge in [-0.1, -0.05) is 0 Å². The van der Waals surface area contributed by atoms with Crippen LogP contribution < -0.4 is 4.90 Å². The van der Waals surface area contributed by atoms with Crippen LogP contribution in [0.25, 0.3) is 0 Å². The number of amides is 2. The summed E-state index contributed by atoms with van der Waals surface area (Å²) < 4.78 is 0. The van der Waals surface area contributed by atoms with Gasteiger partial charge in [0.1, 0.15) is 0 Å². The fraction of sp³-hybridized carbons (Fsp3) is 0.526.